The van der Waals surface area contributed by atoms with Crippen LogP contribution < -0.4 is 14.6 Å². The lowest BCUT2D eigenvalue weighted by Gasteiger charge is -2.28. The van der Waals surface area contributed by atoms with Gasteiger partial charge in [0.2, 0.25) is 11.8 Å². The van der Waals surface area contributed by atoms with Crippen molar-refractivity contribution in [1.82, 2.24) is 18.3 Å². The van der Waals surface area contributed by atoms with E-state index in [-0.39, 0.29) is 28.9 Å². The molecule has 0 saturated heterocycles. The minimum absolute atomic E-state index is 0.167. The third-order valence-corrected chi connectivity index (χ3v) is 9.84. The normalized spacial score (nSPS) is 19.8. The van der Waals surface area contributed by atoms with E-state index in [1.807, 2.05) is 132 Å². The average molecular weight is 750 g/mol. The molecule has 10 heteroatoms. The first-order valence-corrected chi connectivity index (χ1v) is 16.8. The molecule has 2 aliphatic heterocycles. The third-order valence-electron chi connectivity index (χ3n) is 9.09. The third kappa shape index (κ3) is 5.76. The number of halogens is 1. The molecule has 1 aliphatic carbocycles. The molecule has 4 aromatic rings. The van der Waals surface area contributed by atoms with Crippen LogP contribution in [0.4, 0.5) is 0 Å². The van der Waals surface area contributed by atoms with E-state index in [0.717, 1.165) is 11.1 Å². The molecule has 1 aromatic heterocycles. The quantitative estimate of drug-likeness (QED) is 0.130. The molecule has 4 atom stereocenters. The average Bonchev–Trinajstić information content (AvgIpc) is 3.77. The number of nitrogens with two attached hydrogens (primary N) is 1. The van der Waals surface area contributed by atoms with Gasteiger partial charge in [-0.3, -0.25) is 29.1 Å². The van der Waals surface area contributed by atoms with Gasteiger partial charge < -0.3 is 10.6 Å². The summed E-state index contributed by atoms with van der Waals surface area (Å²) in [6, 6.07) is 24.9. The summed E-state index contributed by atoms with van der Waals surface area (Å²) < 4.78 is 4.67. The lowest BCUT2D eigenvalue weighted by atomic mass is 9.84. The SMILES string of the molecule is N[C@@H](Cc1ccccc1)C(=O)N1C=C(C2=C(c3cn(C(=O)[C@H](Cc4ccccc4)NI)c4ccccc34)C(=O)NC2=O)C2C=CC=CC21. The second-order valence-electron chi connectivity index (χ2n) is 12.1. The first kappa shape index (κ1) is 31.7. The fraction of sp³-hybridized carbons (Fsp3) is 0.158. The fourth-order valence-corrected chi connectivity index (χ4v) is 7.28. The molecule has 0 fully saturated rings. The van der Waals surface area contributed by atoms with Gasteiger partial charge in [-0.25, -0.2) is 3.53 Å². The molecule has 7 rings (SSSR count). The summed E-state index contributed by atoms with van der Waals surface area (Å²) in [5.41, 5.74) is 10.4. The van der Waals surface area contributed by atoms with Gasteiger partial charge in [-0.05, 0) is 35.6 Å². The van der Waals surface area contributed by atoms with Crippen LogP contribution in [-0.2, 0) is 27.2 Å². The molecule has 0 bridgehead atoms. The Bertz CT molecular complexity index is 2060. The Kier molecular flexibility index (Phi) is 8.78. The number of carbonyl (C=O) groups excluding carboxylic acids is 4. The minimum atomic E-state index is -0.810. The Morgan fingerprint density at radius 3 is 2.15 bits per heavy atom. The van der Waals surface area contributed by atoms with E-state index in [1.54, 1.807) is 21.9 Å². The molecule has 3 heterocycles. The van der Waals surface area contributed by atoms with Gasteiger partial charge in [-0.2, -0.15) is 0 Å². The summed E-state index contributed by atoms with van der Waals surface area (Å²) in [4.78, 5) is 56.7. The number of nitrogens with zero attached hydrogens (tertiary/aromatic N) is 2. The lowest BCUT2D eigenvalue weighted by molar-refractivity contribution is -0.131. The number of fused-ring (bicyclic) bond motifs is 2. The molecule has 4 N–H and O–H groups in total. The molecule has 0 saturated carbocycles. The zero-order valence-electron chi connectivity index (χ0n) is 25.8. The summed E-state index contributed by atoms with van der Waals surface area (Å²) in [5, 5.41) is 3.14. The number of rotatable bonds is 9. The number of amides is 3. The maximum absolute atomic E-state index is 14.0. The van der Waals surface area contributed by atoms with Crippen LogP contribution in [0.3, 0.4) is 0 Å². The Balaban J connectivity index is 1.30. The van der Waals surface area contributed by atoms with Gasteiger partial charge in [0.15, 0.2) is 0 Å². The minimum Gasteiger partial charge on any atom is -0.320 e. The number of benzene rings is 3. The zero-order chi connectivity index (χ0) is 33.4. The topological polar surface area (TPSA) is 127 Å². The number of para-hydroxylation sites is 1. The number of aromatic nitrogens is 1. The van der Waals surface area contributed by atoms with Crippen LogP contribution in [0.25, 0.3) is 16.5 Å². The maximum atomic E-state index is 14.0. The van der Waals surface area contributed by atoms with Crippen molar-refractivity contribution in [2.75, 3.05) is 0 Å². The van der Waals surface area contributed by atoms with Crippen molar-refractivity contribution in [2.24, 2.45) is 11.7 Å². The molecular weight excluding hydrogens is 717 g/mol. The molecule has 9 nitrogen and oxygen atoms in total. The van der Waals surface area contributed by atoms with Crippen molar-refractivity contribution < 1.29 is 19.2 Å². The van der Waals surface area contributed by atoms with Crippen LogP contribution in [0.1, 0.15) is 21.5 Å². The first-order chi connectivity index (χ1) is 23.4. The molecule has 2 unspecified atom stereocenters. The molecule has 0 radical (unpaired) electrons. The van der Waals surface area contributed by atoms with Crippen LogP contribution in [0, 0.1) is 5.92 Å². The van der Waals surface area contributed by atoms with E-state index in [0.29, 0.717) is 34.9 Å². The van der Waals surface area contributed by atoms with Crippen molar-refractivity contribution in [3.05, 3.63) is 149 Å². The van der Waals surface area contributed by atoms with Gasteiger partial charge in [0.1, 0.15) is 0 Å². The molecule has 3 aliphatic rings. The Morgan fingerprint density at radius 2 is 1.44 bits per heavy atom. The Hall–Kier alpha value is -4.91. The van der Waals surface area contributed by atoms with Gasteiger partial charge in [-0.1, -0.05) is 103 Å². The van der Waals surface area contributed by atoms with Gasteiger partial charge in [-0.15, -0.1) is 0 Å². The van der Waals surface area contributed by atoms with Gasteiger partial charge >= 0.3 is 0 Å². The van der Waals surface area contributed by atoms with E-state index in [4.69, 9.17) is 5.73 Å². The number of allylic oxidation sites excluding steroid dienone is 2. The molecule has 0 spiro atoms. The summed E-state index contributed by atoms with van der Waals surface area (Å²) in [6.07, 6.45) is 11.7. The maximum Gasteiger partial charge on any atom is 0.259 e. The second-order valence-corrected chi connectivity index (χ2v) is 12.7. The van der Waals surface area contributed by atoms with Crippen molar-refractivity contribution in [1.29, 1.82) is 0 Å². The Labute approximate surface area is 291 Å². The summed E-state index contributed by atoms with van der Waals surface area (Å²) >= 11 is 1.99. The van der Waals surface area contributed by atoms with Gasteiger partial charge in [0.05, 0.1) is 34.8 Å². The van der Waals surface area contributed by atoms with E-state index >= 15 is 0 Å². The van der Waals surface area contributed by atoms with Crippen molar-refractivity contribution >= 4 is 63.0 Å². The summed E-state index contributed by atoms with van der Waals surface area (Å²) in [7, 11) is 0. The van der Waals surface area contributed by atoms with E-state index in [9.17, 15) is 19.2 Å². The monoisotopic (exact) mass is 749 g/mol. The number of carbonyl (C=O) groups is 4. The highest BCUT2D eigenvalue weighted by Gasteiger charge is 2.44. The summed E-state index contributed by atoms with van der Waals surface area (Å²) in [6.45, 7) is 0. The molecule has 3 amide bonds. The number of hydrogen-bond acceptors (Lipinski definition) is 6. The first-order valence-electron chi connectivity index (χ1n) is 15.7. The highest BCUT2D eigenvalue weighted by Crippen LogP contribution is 2.43. The van der Waals surface area contributed by atoms with Crippen LogP contribution in [0.2, 0.25) is 0 Å². The second kappa shape index (κ2) is 13.3. The van der Waals surface area contributed by atoms with Crippen LogP contribution in [-0.4, -0.2) is 51.2 Å². The van der Waals surface area contributed by atoms with Crippen LogP contribution >= 0.6 is 22.9 Å². The predicted octanol–water partition coefficient (Wildman–Crippen LogP) is 4.65. The highest BCUT2D eigenvalue weighted by atomic mass is 127. The number of imide groups is 1. The largest absolute Gasteiger partial charge is 0.320 e. The van der Waals surface area contributed by atoms with Crippen molar-refractivity contribution in [3.63, 3.8) is 0 Å². The van der Waals surface area contributed by atoms with Crippen LogP contribution in [0.15, 0.2) is 133 Å². The van der Waals surface area contributed by atoms with E-state index in [1.165, 1.54) is 0 Å². The fourth-order valence-electron chi connectivity index (χ4n) is 6.80. The molecule has 48 heavy (non-hydrogen) atoms. The molecule has 3 aromatic carbocycles. The standard InChI is InChI=1S/C38H32IN5O4/c39-42-30(20-24-13-5-2-6-14-24)38(48)44-22-28(26-16-8-10-18-32(26)44)34-33(35(45)41-36(34)46)27-21-43(31-17-9-7-15-25(27)31)37(47)29(40)19-23-11-3-1-4-12-23/h1-18,21-22,25,29-31,42H,19-20,40H2,(H,41,45,46)/t25?,29-,30-,31?/m0/s1. The lowest BCUT2D eigenvalue weighted by Crippen LogP contribution is -2.46. The van der Waals surface area contributed by atoms with E-state index in [2.05, 4.69) is 8.85 Å². The summed E-state index contributed by atoms with van der Waals surface area (Å²) in [5.74, 6) is -1.97. The Morgan fingerprint density at radius 1 is 0.812 bits per heavy atom. The van der Waals surface area contributed by atoms with Crippen LogP contribution in [0.5, 0.6) is 0 Å². The molecule has 240 valence electrons. The van der Waals surface area contributed by atoms with Gasteiger partial charge in [0.25, 0.3) is 11.8 Å². The predicted molar refractivity (Wildman–Crippen MR) is 192 cm³/mol. The smallest absolute Gasteiger partial charge is 0.259 e. The number of hydrogen-bond donors (Lipinski definition) is 3. The highest BCUT2D eigenvalue weighted by molar-refractivity contribution is 14.1. The van der Waals surface area contributed by atoms with Crippen molar-refractivity contribution in [2.45, 2.75) is 31.0 Å². The zero-order valence-corrected chi connectivity index (χ0v) is 27.9. The van der Waals surface area contributed by atoms with E-state index < -0.39 is 29.9 Å². The van der Waals surface area contributed by atoms with Gasteiger partial charge in [0, 0.05) is 52.1 Å². The molecular formula is C38H32IN5O4. The van der Waals surface area contributed by atoms with Crippen molar-refractivity contribution in [3.8, 4) is 0 Å². The number of nitrogens with one attached hydrogen (secondary N) is 2.